The maximum absolute atomic E-state index is 12.3. The zero-order valence-corrected chi connectivity index (χ0v) is 15.7. The van der Waals surface area contributed by atoms with Crippen LogP contribution in [0.4, 0.5) is 0 Å². The fourth-order valence-corrected chi connectivity index (χ4v) is 5.05. The van der Waals surface area contributed by atoms with Gasteiger partial charge in [0.15, 0.2) is 5.96 Å². The first kappa shape index (κ1) is 19.3. The van der Waals surface area contributed by atoms with Crippen molar-refractivity contribution in [2.24, 2.45) is 4.99 Å². The van der Waals surface area contributed by atoms with Gasteiger partial charge in [0.05, 0.1) is 12.3 Å². The van der Waals surface area contributed by atoms with Crippen LogP contribution >= 0.6 is 11.8 Å². The zero-order chi connectivity index (χ0) is 17.4. The molecule has 0 bridgehead atoms. The predicted octanol–water partition coefficient (Wildman–Crippen LogP) is -0.801. The standard InChI is InChI=1S/C14H27N5O3S2/c1-2-15-14(18-12-3-4-13(20)17-11-12)16-5-10-24(21,22)19-6-8-23-9-7-19/h12H,2-11H2,1H3,(H,17,20)(H2,15,16,18). The van der Waals surface area contributed by atoms with E-state index in [-0.39, 0.29) is 24.2 Å². The lowest BCUT2D eigenvalue weighted by atomic mass is 10.1. The van der Waals surface area contributed by atoms with E-state index in [1.807, 2.05) is 6.92 Å². The second-order valence-corrected chi connectivity index (χ2v) is 9.09. The highest BCUT2D eigenvalue weighted by Crippen LogP contribution is 2.13. The number of nitrogens with zero attached hydrogens (tertiary/aromatic N) is 2. The molecule has 1 amide bonds. The summed E-state index contributed by atoms with van der Waals surface area (Å²) in [5.74, 6) is 2.42. The number of hydrogen-bond acceptors (Lipinski definition) is 5. The number of guanidine groups is 1. The van der Waals surface area contributed by atoms with Gasteiger partial charge in [0.2, 0.25) is 15.9 Å². The quantitative estimate of drug-likeness (QED) is 0.414. The maximum atomic E-state index is 12.3. The summed E-state index contributed by atoms with van der Waals surface area (Å²) in [4.78, 5) is 15.6. The van der Waals surface area contributed by atoms with Crippen LogP contribution in [-0.4, -0.2) is 80.6 Å². The minimum absolute atomic E-state index is 0.0235. The molecular formula is C14H27N5O3S2. The van der Waals surface area contributed by atoms with Gasteiger partial charge in [-0.1, -0.05) is 0 Å². The number of aliphatic imine (C=N–C) groups is 1. The molecule has 0 saturated carbocycles. The highest BCUT2D eigenvalue weighted by atomic mass is 32.2. The smallest absolute Gasteiger partial charge is 0.220 e. The molecule has 2 heterocycles. The van der Waals surface area contributed by atoms with Crippen molar-refractivity contribution in [3.8, 4) is 0 Å². The summed E-state index contributed by atoms with van der Waals surface area (Å²) in [5.41, 5.74) is 0. The molecular weight excluding hydrogens is 350 g/mol. The third kappa shape index (κ3) is 6.14. The number of nitrogens with one attached hydrogen (secondary N) is 3. The van der Waals surface area contributed by atoms with Gasteiger partial charge in [-0.05, 0) is 13.3 Å². The van der Waals surface area contributed by atoms with Crippen LogP contribution in [0.25, 0.3) is 0 Å². The fourth-order valence-electron chi connectivity index (χ4n) is 2.60. The lowest BCUT2D eigenvalue weighted by Crippen LogP contribution is -2.51. The van der Waals surface area contributed by atoms with Crippen LogP contribution < -0.4 is 16.0 Å². The molecule has 2 aliphatic rings. The van der Waals surface area contributed by atoms with Gasteiger partial charge in [0.1, 0.15) is 0 Å². The van der Waals surface area contributed by atoms with Crippen LogP contribution in [0.15, 0.2) is 4.99 Å². The Balaban J connectivity index is 1.84. The second kappa shape index (κ2) is 9.47. The maximum Gasteiger partial charge on any atom is 0.220 e. The van der Waals surface area contributed by atoms with E-state index in [1.165, 1.54) is 0 Å². The van der Waals surface area contributed by atoms with Crippen molar-refractivity contribution in [2.75, 3.05) is 50.0 Å². The van der Waals surface area contributed by atoms with Crippen molar-refractivity contribution in [1.29, 1.82) is 0 Å². The third-order valence-electron chi connectivity index (χ3n) is 3.93. The number of hydrogen-bond donors (Lipinski definition) is 3. The van der Waals surface area contributed by atoms with Gasteiger partial charge in [-0.3, -0.25) is 9.79 Å². The van der Waals surface area contributed by atoms with Crippen molar-refractivity contribution >= 4 is 33.7 Å². The van der Waals surface area contributed by atoms with E-state index < -0.39 is 10.0 Å². The summed E-state index contributed by atoms with van der Waals surface area (Å²) >= 11 is 1.79. The van der Waals surface area contributed by atoms with E-state index in [0.717, 1.165) is 17.9 Å². The molecule has 24 heavy (non-hydrogen) atoms. The Morgan fingerprint density at radius 3 is 2.79 bits per heavy atom. The molecule has 10 heteroatoms. The molecule has 3 N–H and O–H groups in total. The average Bonchev–Trinajstić information content (AvgIpc) is 2.58. The van der Waals surface area contributed by atoms with Crippen molar-refractivity contribution in [3.63, 3.8) is 0 Å². The molecule has 0 aromatic rings. The zero-order valence-electron chi connectivity index (χ0n) is 14.1. The largest absolute Gasteiger partial charge is 0.357 e. The van der Waals surface area contributed by atoms with Crippen LogP contribution in [0.3, 0.4) is 0 Å². The monoisotopic (exact) mass is 377 g/mol. The van der Waals surface area contributed by atoms with Gasteiger partial charge in [-0.25, -0.2) is 12.7 Å². The Hall–Kier alpha value is -1.00. The lowest BCUT2D eigenvalue weighted by Gasteiger charge is -2.26. The SMILES string of the molecule is CCNC(=NCCS(=O)(=O)N1CCSCC1)NC1CCC(=O)NC1. The first-order valence-corrected chi connectivity index (χ1v) is 11.1. The van der Waals surface area contributed by atoms with E-state index in [2.05, 4.69) is 20.9 Å². The number of sulfonamides is 1. The Kier molecular flexibility index (Phi) is 7.63. The molecule has 2 saturated heterocycles. The van der Waals surface area contributed by atoms with E-state index in [0.29, 0.717) is 38.6 Å². The molecule has 2 fully saturated rings. The molecule has 0 radical (unpaired) electrons. The number of carbonyl (C=O) groups is 1. The molecule has 0 aromatic carbocycles. The van der Waals surface area contributed by atoms with Gasteiger partial charge >= 0.3 is 0 Å². The topological polar surface area (TPSA) is 103 Å². The summed E-state index contributed by atoms with van der Waals surface area (Å²) in [6.07, 6.45) is 1.25. The number of piperidine rings is 1. The predicted molar refractivity (Wildman–Crippen MR) is 97.8 cm³/mol. The van der Waals surface area contributed by atoms with E-state index in [4.69, 9.17) is 0 Å². The first-order chi connectivity index (χ1) is 11.5. The lowest BCUT2D eigenvalue weighted by molar-refractivity contribution is -0.122. The second-order valence-electron chi connectivity index (χ2n) is 5.77. The summed E-state index contributed by atoms with van der Waals surface area (Å²) in [5, 5.41) is 9.19. The van der Waals surface area contributed by atoms with Gasteiger partial charge in [0.25, 0.3) is 0 Å². The molecule has 0 spiro atoms. The molecule has 0 aromatic heterocycles. The van der Waals surface area contributed by atoms with E-state index in [1.54, 1.807) is 16.1 Å². The summed E-state index contributed by atoms with van der Waals surface area (Å²) < 4.78 is 26.2. The molecule has 0 aliphatic carbocycles. The van der Waals surface area contributed by atoms with Crippen molar-refractivity contribution in [3.05, 3.63) is 0 Å². The number of thioether (sulfide) groups is 1. The summed E-state index contributed by atoms with van der Waals surface area (Å²) in [6, 6.07) is 0.122. The van der Waals surface area contributed by atoms with Crippen molar-refractivity contribution < 1.29 is 13.2 Å². The molecule has 1 atom stereocenters. The van der Waals surface area contributed by atoms with Gasteiger partial charge in [0, 0.05) is 50.1 Å². The Bertz CT molecular complexity index is 537. The number of carbonyl (C=O) groups excluding carboxylic acids is 1. The minimum Gasteiger partial charge on any atom is -0.357 e. The first-order valence-electron chi connectivity index (χ1n) is 8.38. The van der Waals surface area contributed by atoms with Crippen LogP contribution in [0.5, 0.6) is 0 Å². The van der Waals surface area contributed by atoms with E-state index >= 15 is 0 Å². The van der Waals surface area contributed by atoms with Crippen LogP contribution in [0.2, 0.25) is 0 Å². The Morgan fingerprint density at radius 1 is 1.42 bits per heavy atom. The van der Waals surface area contributed by atoms with Gasteiger partial charge in [-0.15, -0.1) is 0 Å². The van der Waals surface area contributed by atoms with Crippen molar-refractivity contribution in [1.82, 2.24) is 20.3 Å². The third-order valence-corrected chi connectivity index (χ3v) is 6.73. The highest BCUT2D eigenvalue weighted by molar-refractivity contribution is 7.99. The summed E-state index contributed by atoms with van der Waals surface area (Å²) in [7, 11) is -3.23. The molecule has 8 nitrogen and oxygen atoms in total. The van der Waals surface area contributed by atoms with Crippen molar-refractivity contribution in [2.45, 2.75) is 25.8 Å². The highest BCUT2D eigenvalue weighted by Gasteiger charge is 2.24. The van der Waals surface area contributed by atoms with Gasteiger partial charge in [-0.2, -0.15) is 11.8 Å². The number of amides is 1. The van der Waals surface area contributed by atoms with Crippen LogP contribution in [0.1, 0.15) is 19.8 Å². The van der Waals surface area contributed by atoms with Crippen LogP contribution in [-0.2, 0) is 14.8 Å². The van der Waals surface area contributed by atoms with Gasteiger partial charge < -0.3 is 16.0 Å². The Labute approximate surface area is 148 Å². The molecule has 1 unspecified atom stereocenters. The fraction of sp³-hybridized carbons (Fsp3) is 0.857. The van der Waals surface area contributed by atoms with Crippen LogP contribution in [0, 0.1) is 0 Å². The molecule has 138 valence electrons. The molecule has 2 aliphatic heterocycles. The van der Waals surface area contributed by atoms with E-state index in [9.17, 15) is 13.2 Å². The molecule has 2 rings (SSSR count). The normalized spacial score (nSPS) is 23.6. The number of rotatable bonds is 6. The summed E-state index contributed by atoms with van der Waals surface area (Å²) in [6.45, 7) is 4.63. The Morgan fingerprint density at radius 2 is 2.17 bits per heavy atom. The minimum atomic E-state index is -3.23. The average molecular weight is 378 g/mol.